The Labute approximate surface area is 118 Å². The Kier molecular flexibility index (Phi) is 4.60. The molecule has 0 unspecified atom stereocenters. The standard InChI is InChI=1S/C16H19N3O/c17-13-8-9-14(15(18)11-13)16(20)19-10-4-7-12-5-2-1-3-6-12/h1-3,5-6,8-9,11H,4,7,10,17-18H2,(H,19,20). The summed E-state index contributed by atoms with van der Waals surface area (Å²) in [7, 11) is 0. The van der Waals surface area contributed by atoms with Crippen LogP contribution in [0.2, 0.25) is 0 Å². The normalized spacial score (nSPS) is 10.2. The number of benzene rings is 2. The summed E-state index contributed by atoms with van der Waals surface area (Å²) in [6.07, 6.45) is 1.84. The maximum atomic E-state index is 12.0. The molecule has 5 N–H and O–H groups in total. The smallest absolute Gasteiger partial charge is 0.253 e. The number of hydrogen-bond donors (Lipinski definition) is 3. The summed E-state index contributed by atoms with van der Waals surface area (Å²) in [5.74, 6) is -0.157. The molecule has 0 radical (unpaired) electrons. The van der Waals surface area contributed by atoms with Crippen LogP contribution >= 0.6 is 0 Å². The summed E-state index contributed by atoms with van der Waals surface area (Å²) in [6.45, 7) is 0.623. The second-order valence-electron chi connectivity index (χ2n) is 4.69. The Hall–Kier alpha value is -2.49. The molecule has 0 bridgehead atoms. The van der Waals surface area contributed by atoms with Gasteiger partial charge < -0.3 is 16.8 Å². The molecule has 2 rings (SSSR count). The largest absolute Gasteiger partial charge is 0.399 e. The molecule has 0 atom stereocenters. The van der Waals surface area contributed by atoms with Crippen molar-refractivity contribution in [3.8, 4) is 0 Å². The van der Waals surface area contributed by atoms with Crippen LogP contribution in [0.5, 0.6) is 0 Å². The summed E-state index contributed by atoms with van der Waals surface area (Å²) >= 11 is 0. The maximum absolute atomic E-state index is 12.0. The lowest BCUT2D eigenvalue weighted by Crippen LogP contribution is -2.25. The van der Waals surface area contributed by atoms with Gasteiger partial charge in [-0.3, -0.25) is 4.79 Å². The lowest BCUT2D eigenvalue weighted by Gasteiger charge is -2.08. The highest BCUT2D eigenvalue weighted by Crippen LogP contribution is 2.15. The first-order chi connectivity index (χ1) is 9.66. The van der Waals surface area contributed by atoms with Crippen molar-refractivity contribution in [2.24, 2.45) is 0 Å². The molecular formula is C16H19N3O. The summed E-state index contributed by atoms with van der Waals surface area (Å²) in [6, 6.07) is 15.1. The van der Waals surface area contributed by atoms with Gasteiger partial charge in [0.1, 0.15) is 0 Å². The van der Waals surface area contributed by atoms with Crippen LogP contribution in [0.4, 0.5) is 11.4 Å². The zero-order valence-electron chi connectivity index (χ0n) is 11.3. The van der Waals surface area contributed by atoms with Gasteiger partial charge in [0.25, 0.3) is 5.91 Å². The second kappa shape index (κ2) is 6.61. The number of carbonyl (C=O) groups is 1. The van der Waals surface area contributed by atoms with E-state index in [4.69, 9.17) is 11.5 Å². The van der Waals surface area contributed by atoms with E-state index in [1.54, 1.807) is 18.2 Å². The van der Waals surface area contributed by atoms with E-state index in [9.17, 15) is 4.79 Å². The van der Waals surface area contributed by atoms with Crippen molar-refractivity contribution >= 4 is 17.3 Å². The topological polar surface area (TPSA) is 81.1 Å². The summed E-state index contributed by atoms with van der Waals surface area (Å²) in [5.41, 5.74) is 14.1. The SMILES string of the molecule is Nc1ccc(C(=O)NCCCc2ccccc2)c(N)c1. The number of rotatable bonds is 5. The molecule has 4 nitrogen and oxygen atoms in total. The van der Waals surface area contributed by atoms with Crippen molar-refractivity contribution in [2.75, 3.05) is 18.0 Å². The van der Waals surface area contributed by atoms with Crippen molar-refractivity contribution in [3.63, 3.8) is 0 Å². The fraction of sp³-hybridized carbons (Fsp3) is 0.188. The number of hydrogen-bond acceptors (Lipinski definition) is 3. The fourth-order valence-corrected chi connectivity index (χ4v) is 2.02. The van der Waals surface area contributed by atoms with E-state index in [0.29, 0.717) is 23.5 Å². The van der Waals surface area contributed by atoms with Gasteiger partial charge in [0.05, 0.1) is 5.56 Å². The number of anilines is 2. The zero-order valence-corrected chi connectivity index (χ0v) is 11.3. The van der Waals surface area contributed by atoms with Gasteiger partial charge >= 0.3 is 0 Å². The molecule has 0 saturated carbocycles. The first-order valence-electron chi connectivity index (χ1n) is 6.64. The highest BCUT2D eigenvalue weighted by Gasteiger charge is 2.08. The Morgan fingerprint density at radius 3 is 2.50 bits per heavy atom. The minimum Gasteiger partial charge on any atom is -0.399 e. The van der Waals surface area contributed by atoms with E-state index in [0.717, 1.165) is 12.8 Å². The van der Waals surface area contributed by atoms with Gasteiger partial charge in [-0.25, -0.2) is 0 Å². The molecule has 4 heteroatoms. The van der Waals surface area contributed by atoms with E-state index >= 15 is 0 Å². The van der Waals surface area contributed by atoms with Crippen molar-refractivity contribution in [3.05, 3.63) is 59.7 Å². The fourth-order valence-electron chi connectivity index (χ4n) is 2.02. The number of carbonyl (C=O) groups excluding carboxylic acids is 1. The molecule has 1 amide bonds. The molecule has 20 heavy (non-hydrogen) atoms. The second-order valence-corrected chi connectivity index (χ2v) is 4.69. The third kappa shape index (κ3) is 3.75. The average Bonchev–Trinajstić information content (AvgIpc) is 2.44. The quantitative estimate of drug-likeness (QED) is 0.575. The minimum absolute atomic E-state index is 0.157. The molecule has 0 heterocycles. The highest BCUT2D eigenvalue weighted by molar-refractivity contribution is 5.99. The van der Waals surface area contributed by atoms with E-state index in [2.05, 4.69) is 17.4 Å². The van der Waals surface area contributed by atoms with E-state index in [-0.39, 0.29) is 5.91 Å². The van der Waals surface area contributed by atoms with Crippen LogP contribution in [-0.2, 0) is 6.42 Å². The van der Waals surface area contributed by atoms with Gasteiger partial charge in [0, 0.05) is 17.9 Å². The van der Waals surface area contributed by atoms with Crippen LogP contribution in [0, 0.1) is 0 Å². The first kappa shape index (κ1) is 13.9. The molecule has 0 aromatic heterocycles. The van der Waals surface area contributed by atoms with Gasteiger partial charge in [0.15, 0.2) is 0 Å². The number of nitrogens with one attached hydrogen (secondary N) is 1. The monoisotopic (exact) mass is 269 g/mol. The van der Waals surface area contributed by atoms with E-state index in [1.807, 2.05) is 18.2 Å². The van der Waals surface area contributed by atoms with Gasteiger partial charge in [-0.2, -0.15) is 0 Å². The predicted octanol–water partition coefficient (Wildman–Crippen LogP) is 2.21. The summed E-state index contributed by atoms with van der Waals surface area (Å²) < 4.78 is 0. The van der Waals surface area contributed by atoms with Crippen molar-refractivity contribution in [2.45, 2.75) is 12.8 Å². The van der Waals surface area contributed by atoms with Gasteiger partial charge in [-0.05, 0) is 36.6 Å². The third-order valence-electron chi connectivity index (χ3n) is 3.09. The molecular weight excluding hydrogens is 250 g/mol. The number of amides is 1. The van der Waals surface area contributed by atoms with Gasteiger partial charge in [-0.1, -0.05) is 30.3 Å². The molecule has 2 aromatic rings. The number of nitrogen functional groups attached to an aromatic ring is 2. The first-order valence-corrected chi connectivity index (χ1v) is 6.64. The lowest BCUT2D eigenvalue weighted by atomic mass is 10.1. The van der Waals surface area contributed by atoms with Crippen LogP contribution in [0.15, 0.2) is 48.5 Å². The van der Waals surface area contributed by atoms with Crippen molar-refractivity contribution in [1.29, 1.82) is 0 Å². The van der Waals surface area contributed by atoms with Crippen LogP contribution in [0.3, 0.4) is 0 Å². The molecule has 0 aliphatic rings. The molecule has 0 spiro atoms. The van der Waals surface area contributed by atoms with Gasteiger partial charge in [-0.15, -0.1) is 0 Å². The highest BCUT2D eigenvalue weighted by atomic mass is 16.1. The van der Waals surface area contributed by atoms with Crippen LogP contribution in [-0.4, -0.2) is 12.5 Å². The number of nitrogens with two attached hydrogens (primary N) is 2. The Balaban J connectivity index is 1.80. The van der Waals surface area contributed by atoms with E-state index < -0.39 is 0 Å². The Morgan fingerprint density at radius 2 is 1.80 bits per heavy atom. The van der Waals surface area contributed by atoms with Crippen LogP contribution in [0.1, 0.15) is 22.3 Å². The molecule has 0 saturated heterocycles. The van der Waals surface area contributed by atoms with Crippen LogP contribution < -0.4 is 16.8 Å². The molecule has 0 fully saturated rings. The lowest BCUT2D eigenvalue weighted by molar-refractivity contribution is 0.0954. The van der Waals surface area contributed by atoms with Crippen molar-refractivity contribution < 1.29 is 4.79 Å². The Morgan fingerprint density at radius 1 is 1.05 bits per heavy atom. The maximum Gasteiger partial charge on any atom is 0.253 e. The van der Waals surface area contributed by atoms with Crippen LogP contribution in [0.25, 0.3) is 0 Å². The average molecular weight is 269 g/mol. The van der Waals surface area contributed by atoms with Gasteiger partial charge in [0.2, 0.25) is 0 Å². The Bertz CT molecular complexity index is 582. The van der Waals surface area contributed by atoms with E-state index in [1.165, 1.54) is 5.56 Å². The zero-order chi connectivity index (χ0) is 14.4. The van der Waals surface area contributed by atoms with Crippen molar-refractivity contribution in [1.82, 2.24) is 5.32 Å². The minimum atomic E-state index is -0.157. The predicted molar refractivity (Wildman–Crippen MR) is 82.4 cm³/mol. The summed E-state index contributed by atoms with van der Waals surface area (Å²) in [4.78, 5) is 12.0. The molecule has 2 aromatic carbocycles. The third-order valence-corrected chi connectivity index (χ3v) is 3.09. The number of aryl methyl sites for hydroxylation is 1. The molecule has 104 valence electrons. The molecule has 0 aliphatic carbocycles. The summed E-state index contributed by atoms with van der Waals surface area (Å²) in [5, 5.41) is 2.87. The molecule has 0 aliphatic heterocycles.